The molecule has 0 radical (unpaired) electrons. The van der Waals surface area contributed by atoms with Gasteiger partial charge in [0, 0.05) is 6.04 Å². The van der Waals surface area contributed by atoms with Gasteiger partial charge in [0.15, 0.2) is 0 Å². The minimum Gasteiger partial charge on any atom is -0.304 e. The summed E-state index contributed by atoms with van der Waals surface area (Å²) in [5, 5.41) is 3.27. The third-order valence-corrected chi connectivity index (χ3v) is 2.04. The van der Waals surface area contributed by atoms with Crippen LogP contribution in [0.15, 0.2) is 0 Å². The van der Waals surface area contributed by atoms with E-state index in [1.807, 2.05) is 0 Å². The zero-order valence-corrected chi connectivity index (χ0v) is 8.40. The zero-order valence-electron chi connectivity index (χ0n) is 8.40. The summed E-state index contributed by atoms with van der Waals surface area (Å²) in [7, 11) is 0. The number of hydrogen-bond donors (Lipinski definition) is 1. The van der Waals surface area contributed by atoms with Crippen molar-refractivity contribution in [1.29, 1.82) is 0 Å². The monoisotopic (exact) mass is 167 g/mol. The Labute approximate surface area is 76.9 Å². The van der Waals surface area contributed by atoms with E-state index in [0.29, 0.717) is 12.6 Å². The SMILES string of the molecule is C#CCN[C@@H](C)CCCCCC. The Bertz CT molecular complexity index is 123. The van der Waals surface area contributed by atoms with Gasteiger partial charge in [-0.25, -0.2) is 0 Å². The molecule has 0 aliphatic rings. The maximum atomic E-state index is 5.14. The Hall–Kier alpha value is -0.480. The standard InChI is InChI=1S/C11H21N/c1-4-6-7-8-9-11(3)12-10-5-2/h2,11-12H,4,6-10H2,1,3H3/t11-/m0/s1. The van der Waals surface area contributed by atoms with Gasteiger partial charge in [0.25, 0.3) is 0 Å². The van der Waals surface area contributed by atoms with Gasteiger partial charge in [0.05, 0.1) is 6.54 Å². The summed E-state index contributed by atoms with van der Waals surface area (Å²) < 4.78 is 0. The number of unbranched alkanes of at least 4 members (excludes halogenated alkanes) is 3. The van der Waals surface area contributed by atoms with Crippen molar-refractivity contribution in [2.75, 3.05) is 6.54 Å². The van der Waals surface area contributed by atoms with E-state index >= 15 is 0 Å². The minimum atomic E-state index is 0.581. The van der Waals surface area contributed by atoms with E-state index in [2.05, 4.69) is 25.1 Å². The first-order valence-corrected chi connectivity index (χ1v) is 4.98. The summed E-state index contributed by atoms with van der Waals surface area (Å²) >= 11 is 0. The van der Waals surface area contributed by atoms with E-state index in [1.54, 1.807) is 0 Å². The molecule has 0 aliphatic carbocycles. The Morgan fingerprint density at radius 3 is 2.67 bits per heavy atom. The van der Waals surface area contributed by atoms with E-state index in [0.717, 1.165) is 0 Å². The number of rotatable bonds is 7. The van der Waals surface area contributed by atoms with Gasteiger partial charge in [0.1, 0.15) is 0 Å². The molecule has 1 nitrogen and oxygen atoms in total. The average molecular weight is 167 g/mol. The second-order valence-corrected chi connectivity index (χ2v) is 3.34. The summed E-state index contributed by atoms with van der Waals surface area (Å²) in [6.07, 6.45) is 11.8. The molecule has 0 rings (SSSR count). The number of terminal acetylenes is 1. The van der Waals surface area contributed by atoms with Gasteiger partial charge in [-0.05, 0) is 13.3 Å². The largest absolute Gasteiger partial charge is 0.304 e. The van der Waals surface area contributed by atoms with Crippen molar-refractivity contribution in [3.63, 3.8) is 0 Å². The quantitative estimate of drug-likeness (QED) is 0.454. The van der Waals surface area contributed by atoms with Crippen molar-refractivity contribution >= 4 is 0 Å². The third-order valence-electron chi connectivity index (χ3n) is 2.04. The molecule has 0 heterocycles. The highest BCUT2D eigenvalue weighted by atomic mass is 14.9. The summed E-state index contributed by atoms with van der Waals surface area (Å²) in [5.74, 6) is 2.59. The predicted octanol–water partition coefficient (Wildman–Crippen LogP) is 2.57. The lowest BCUT2D eigenvalue weighted by molar-refractivity contribution is 0.505. The van der Waals surface area contributed by atoms with Gasteiger partial charge in [-0.1, -0.05) is 38.5 Å². The van der Waals surface area contributed by atoms with Crippen LogP contribution >= 0.6 is 0 Å². The van der Waals surface area contributed by atoms with Crippen LogP contribution in [0.25, 0.3) is 0 Å². The molecule has 0 amide bonds. The summed E-state index contributed by atoms with van der Waals surface area (Å²) in [6, 6.07) is 0.581. The van der Waals surface area contributed by atoms with Gasteiger partial charge < -0.3 is 5.32 Å². The van der Waals surface area contributed by atoms with Crippen molar-refractivity contribution < 1.29 is 0 Å². The van der Waals surface area contributed by atoms with E-state index < -0.39 is 0 Å². The molecule has 70 valence electrons. The second-order valence-electron chi connectivity index (χ2n) is 3.34. The number of nitrogens with one attached hydrogen (secondary N) is 1. The normalized spacial score (nSPS) is 12.4. The Balaban J connectivity index is 3.09. The van der Waals surface area contributed by atoms with Gasteiger partial charge in [-0.3, -0.25) is 0 Å². The maximum Gasteiger partial charge on any atom is 0.0575 e. The first kappa shape index (κ1) is 11.5. The van der Waals surface area contributed by atoms with Crippen LogP contribution in [0.5, 0.6) is 0 Å². The molecule has 1 atom stereocenters. The second kappa shape index (κ2) is 8.62. The van der Waals surface area contributed by atoms with Crippen LogP contribution in [0.2, 0.25) is 0 Å². The molecule has 0 unspecified atom stereocenters. The van der Waals surface area contributed by atoms with Crippen molar-refractivity contribution in [1.82, 2.24) is 5.32 Å². The zero-order chi connectivity index (χ0) is 9.23. The molecule has 0 spiro atoms. The van der Waals surface area contributed by atoms with Crippen LogP contribution in [-0.2, 0) is 0 Å². The van der Waals surface area contributed by atoms with Gasteiger partial charge in [0.2, 0.25) is 0 Å². The molecule has 0 aliphatic heterocycles. The molecule has 1 N–H and O–H groups in total. The average Bonchev–Trinajstić information content (AvgIpc) is 2.09. The summed E-state index contributed by atoms with van der Waals surface area (Å²) in [5.41, 5.74) is 0. The highest BCUT2D eigenvalue weighted by Gasteiger charge is 1.98. The molecule has 0 aromatic heterocycles. The fraction of sp³-hybridized carbons (Fsp3) is 0.818. The van der Waals surface area contributed by atoms with Crippen molar-refractivity contribution in [2.45, 2.75) is 52.0 Å². The fourth-order valence-electron chi connectivity index (χ4n) is 1.21. The Morgan fingerprint density at radius 2 is 2.08 bits per heavy atom. The van der Waals surface area contributed by atoms with E-state index in [4.69, 9.17) is 6.42 Å². The van der Waals surface area contributed by atoms with Gasteiger partial charge in [-0.15, -0.1) is 6.42 Å². The third kappa shape index (κ3) is 7.63. The molecule has 0 bridgehead atoms. The highest BCUT2D eigenvalue weighted by molar-refractivity contribution is 4.87. The van der Waals surface area contributed by atoms with Crippen molar-refractivity contribution in [2.24, 2.45) is 0 Å². The van der Waals surface area contributed by atoms with Crippen LogP contribution in [-0.4, -0.2) is 12.6 Å². The highest BCUT2D eigenvalue weighted by Crippen LogP contribution is 2.04. The molecule has 0 aromatic rings. The Morgan fingerprint density at radius 1 is 1.33 bits per heavy atom. The first-order chi connectivity index (χ1) is 5.81. The summed E-state index contributed by atoms with van der Waals surface area (Å²) in [6.45, 7) is 5.14. The van der Waals surface area contributed by atoms with Crippen LogP contribution in [0.4, 0.5) is 0 Å². The fourth-order valence-corrected chi connectivity index (χ4v) is 1.21. The lowest BCUT2D eigenvalue weighted by Gasteiger charge is -2.10. The Kier molecular flexibility index (Phi) is 8.27. The molecular formula is C11H21N. The molecule has 0 saturated heterocycles. The van der Waals surface area contributed by atoms with Crippen LogP contribution in [0.3, 0.4) is 0 Å². The van der Waals surface area contributed by atoms with Crippen LogP contribution in [0, 0.1) is 12.3 Å². The molecular weight excluding hydrogens is 146 g/mol. The molecule has 0 saturated carbocycles. The minimum absolute atomic E-state index is 0.581. The molecule has 0 aromatic carbocycles. The van der Waals surface area contributed by atoms with Crippen LogP contribution in [0.1, 0.15) is 46.0 Å². The molecule has 12 heavy (non-hydrogen) atoms. The predicted molar refractivity (Wildman–Crippen MR) is 55.1 cm³/mol. The maximum absolute atomic E-state index is 5.14. The van der Waals surface area contributed by atoms with E-state index in [1.165, 1.54) is 32.1 Å². The van der Waals surface area contributed by atoms with Crippen molar-refractivity contribution in [3.05, 3.63) is 0 Å². The first-order valence-electron chi connectivity index (χ1n) is 4.98. The van der Waals surface area contributed by atoms with E-state index in [-0.39, 0.29) is 0 Å². The lowest BCUT2D eigenvalue weighted by atomic mass is 10.1. The summed E-state index contributed by atoms with van der Waals surface area (Å²) in [4.78, 5) is 0. The number of hydrogen-bond acceptors (Lipinski definition) is 1. The van der Waals surface area contributed by atoms with E-state index in [9.17, 15) is 0 Å². The smallest absolute Gasteiger partial charge is 0.0575 e. The molecule has 0 fully saturated rings. The van der Waals surface area contributed by atoms with Gasteiger partial charge in [-0.2, -0.15) is 0 Å². The van der Waals surface area contributed by atoms with Gasteiger partial charge >= 0.3 is 0 Å². The van der Waals surface area contributed by atoms with Crippen LogP contribution < -0.4 is 5.32 Å². The lowest BCUT2D eigenvalue weighted by Crippen LogP contribution is -2.25. The topological polar surface area (TPSA) is 12.0 Å². The molecule has 1 heteroatoms. The van der Waals surface area contributed by atoms with Crippen molar-refractivity contribution in [3.8, 4) is 12.3 Å².